The Kier molecular flexibility index (Phi) is 5.80. The van der Waals surface area contributed by atoms with E-state index >= 15 is 0 Å². The molecule has 0 bridgehead atoms. The molecule has 0 saturated heterocycles. The van der Waals surface area contributed by atoms with Crippen molar-refractivity contribution in [1.29, 1.82) is 0 Å². The topological polar surface area (TPSA) is 49.5 Å². The molecule has 0 radical (unpaired) electrons. The van der Waals surface area contributed by atoms with E-state index < -0.39 is 0 Å². The lowest BCUT2D eigenvalue weighted by Gasteiger charge is -2.47. The van der Waals surface area contributed by atoms with E-state index in [1.54, 1.807) is 0 Å². The molecular weight excluding hydrogens is 260 g/mol. The van der Waals surface area contributed by atoms with Crippen LogP contribution in [-0.4, -0.2) is 28.6 Å². The molecule has 3 nitrogen and oxygen atoms in total. The molecule has 1 aromatic carbocycles. The summed E-state index contributed by atoms with van der Waals surface area (Å²) < 4.78 is 0. The Morgan fingerprint density at radius 2 is 1.76 bits per heavy atom. The summed E-state index contributed by atoms with van der Waals surface area (Å²) in [7, 11) is 0. The minimum atomic E-state index is 0.113. The Morgan fingerprint density at radius 3 is 2.24 bits per heavy atom. The summed E-state index contributed by atoms with van der Waals surface area (Å²) in [5.41, 5.74) is 8.64. The number of likely N-dealkylation sites (N-methyl/N-ethyl adjacent to an activating group) is 1. The summed E-state index contributed by atoms with van der Waals surface area (Å²) in [6.07, 6.45) is 5.01. The zero-order valence-corrected chi connectivity index (χ0v) is 13.5. The van der Waals surface area contributed by atoms with E-state index in [4.69, 9.17) is 10.8 Å². The highest BCUT2D eigenvalue weighted by molar-refractivity contribution is 5.22. The van der Waals surface area contributed by atoms with E-state index in [9.17, 15) is 0 Å². The molecule has 3 N–H and O–H groups in total. The molecule has 0 aliphatic heterocycles. The Hall–Kier alpha value is -0.900. The second-order valence-corrected chi connectivity index (χ2v) is 6.60. The third kappa shape index (κ3) is 3.85. The molecule has 0 spiro atoms. The predicted octanol–water partition coefficient (Wildman–Crippen LogP) is 2.91. The Balaban J connectivity index is 2.09. The quantitative estimate of drug-likeness (QED) is 0.847. The average Bonchev–Trinajstić information content (AvgIpc) is 2.54. The average molecular weight is 290 g/mol. The first-order chi connectivity index (χ1) is 10.1. The van der Waals surface area contributed by atoms with Crippen molar-refractivity contribution in [1.82, 2.24) is 4.90 Å². The van der Waals surface area contributed by atoms with Gasteiger partial charge in [-0.25, -0.2) is 0 Å². The number of rotatable bonds is 6. The van der Waals surface area contributed by atoms with Gasteiger partial charge in [-0.2, -0.15) is 0 Å². The smallest absolute Gasteiger partial charge is 0.0681 e. The number of nitrogens with zero attached hydrogens (tertiary/aromatic N) is 1. The molecule has 21 heavy (non-hydrogen) atoms. The van der Waals surface area contributed by atoms with E-state index in [1.165, 1.54) is 31.2 Å². The number of aliphatic hydroxyl groups is 1. The third-order valence-electron chi connectivity index (χ3n) is 5.22. The molecule has 0 unspecified atom stereocenters. The number of hydrogen-bond donors (Lipinski definition) is 2. The Labute approximate surface area is 129 Å². The molecule has 0 aromatic heterocycles. The zero-order chi connectivity index (χ0) is 15.3. The molecule has 0 atom stereocenters. The normalized spacial score (nSPS) is 26.2. The van der Waals surface area contributed by atoms with Gasteiger partial charge >= 0.3 is 0 Å². The summed E-state index contributed by atoms with van der Waals surface area (Å²) in [6.45, 7) is 7.44. The highest BCUT2D eigenvalue weighted by atomic mass is 16.3. The van der Waals surface area contributed by atoms with Crippen LogP contribution >= 0.6 is 0 Å². The van der Waals surface area contributed by atoms with Crippen LogP contribution in [0.5, 0.6) is 0 Å². The molecule has 1 fully saturated rings. The van der Waals surface area contributed by atoms with Crippen molar-refractivity contribution in [3.8, 4) is 0 Å². The summed E-state index contributed by atoms with van der Waals surface area (Å²) in [5, 5.41) is 9.14. The lowest BCUT2D eigenvalue weighted by Crippen LogP contribution is -2.55. The molecule has 2 rings (SSSR count). The van der Waals surface area contributed by atoms with Crippen LogP contribution < -0.4 is 5.73 Å². The van der Waals surface area contributed by atoms with Crippen LogP contribution in [0.3, 0.4) is 0 Å². The van der Waals surface area contributed by atoms with Gasteiger partial charge in [-0.1, -0.05) is 38.1 Å². The summed E-state index contributed by atoms with van der Waals surface area (Å²) in [4.78, 5) is 2.56. The monoisotopic (exact) mass is 290 g/mol. The molecule has 0 amide bonds. The summed E-state index contributed by atoms with van der Waals surface area (Å²) in [5.74, 6) is 0.840. The van der Waals surface area contributed by atoms with Gasteiger partial charge in [-0.05, 0) is 49.3 Å². The SMILES string of the molecule is CCN(Cc1ccc(CO)cc1)C1(CN)CCC(C)CC1. The minimum absolute atomic E-state index is 0.113. The second kappa shape index (κ2) is 7.39. The number of aliphatic hydroxyl groups excluding tert-OH is 1. The van der Waals surface area contributed by atoms with Crippen LogP contribution in [0.4, 0.5) is 0 Å². The van der Waals surface area contributed by atoms with Crippen molar-refractivity contribution in [3.63, 3.8) is 0 Å². The first-order valence-corrected chi connectivity index (χ1v) is 8.27. The van der Waals surface area contributed by atoms with E-state index in [0.717, 1.165) is 31.1 Å². The molecular formula is C18H30N2O. The van der Waals surface area contributed by atoms with Crippen LogP contribution in [0.25, 0.3) is 0 Å². The Morgan fingerprint density at radius 1 is 1.19 bits per heavy atom. The lowest BCUT2D eigenvalue weighted by molar-refractivity contribution is 0.0423. The van der Waals surface area contributed by atoms with Crippen LogP contribution in [0.1, 0.15) is 50.7 Å². The van der Waals surface area contributed by atoms with Crippen LogP contribution in [0.15, 0.2) is 24.3 Å². The van der Waals surface area contributed by atoms with Crippen molar-refractivity contribution >= 4 is 0 Å². The van der Waals surface area contributed by atoms with Crippen molar-refractivity contribution in [2.75, 3.05) is 13.1 Å². The summed E-state index contributed by atoms with van der Waals surface area (Å²) in [6, 6.07) is 8.29. The van der Waals surface area contributed by atoms with Crippen molar-refractivity contribution in [2.45, 2.75) is 58.2 Å². The number of benzene rings is 1. The van der Waals surface area contributed by atoms with Crippen molar-refractivity contribution in [2.24, 2.45) is 11.7 Å². The lowest BCUT2D eigenvalue weighted by atomic mass is 9.76. The van der Waals surface area contributed by atoms with Gasteiger partial charge in [0.1, 0.15) is 0 Å². The van der Waals surface area contributed by atoms with Gasteiger partial charge in [0.25, 0.3) is 0 Å². The highest BCUT2D eigenvalue weighted by Gasteiger charge is 2.37. The van der Waals surface area contributed by atoms with E-state index in [2.05, 4.69) is 30.9 Å². The molecule has 1 aliphatic carbocycles. The van der Waals surface area contributed by atoms with Gasteiger partial charge in [0.2, 0.25) is 0 Å². The molecule has 1 aromatic rings. The van der Waals surface area contributed by atoms with Crippen molar-refractivity contribution < 1.29 is 5.11 Å². The van der Waals surface area contributed by atoms with Gasteiger partial charge in [-0.15, -0.1) is 0 Å². The minimum Gasteiger partial charge on any atom is -0.392 e. The maximum atomic E-state index is 9.14. The van der Waals surface area contributed by atoms with Gasteiger partial charge in [-0.3, -0.25) is 4.90 Å². The maximum Gasteiger partial charge on any atom is 0.0681 e. The number of nitrogens with two attached hydrogens (primary N) is 1. The fraction of sp³-hybridized carbons (Fsp3) is 0.667. The van der Waals surface area contributed by atoms with Gasteiger partial charge in [0.05, 0.1) is 6.61 Å². The fourth-order valence-corrected chi connectivity index (χ4v) is 3.53. The fourth-order valence-electron chi connectivity index (χ4n) is 3.53. The summed E-state index contributed by atoms with van der Waals surface area (Å²) >= 11 is 0. The predicted molar refractivity (Wildman–Crippen MR) is 87.9 cm³/mol. The molecule has 3 heteroatoms. The van der Waals surface area contributed by atoms with Gasteiger partial charge in [0.15, 0.2) is 0 Å². The van der Waals surface area contributed by atoms with Crippen molar-refractivity contribution in [3.05, 3.63) is 35.4 Å². The van der Waals surface area contributed by atoms with Crippen LogP contribution in [-0.2, 0) is 13.2 Å². The maximum absolute atomic E-state index is 9.14. The largest absolute Gasteiger partial charge is 0.392 e. The first kappa shape index (κ1) is 16.5. The third-order valence-corrected chi connectivity index (χ3v) is 5.22. The van der Waals surface area contributed by atoms with Crippen LogP contribution in [0.2, 0.25) is 0 Å². The van der Waals surface area contributed by atoms with Gasteiger partial charge in [0, 0.05) is 18.6 Å². The van der Waals surface area contributed by atoms with E-state index in [-0.39, 0.29) is 12.1 Å². The Bertz CT molecular complexity index is 421. The van der Waals surface area contributed by atoms with E-state index in [0.29, 0.717) is 0 Å². The molecule has 0 heterocycles. The zero-order valence-electron chi connectivity index (χ0n) is 13.5. The highest BCUT2D eigenvalue weighted by Crippen LogP contribution is 2.36. The second-order valence-electron chi connectivity index (χ2n) is 6.60. The molecule has 1 saturated carbocycles. The number of hydrogen-bond acceptors (Lipinski definition) is 3. The molecule has 1 aliphatic rings. The first-order valence-electron chi connectivity index (χ1n) is 8.27. The van der Waals surface area contributed by atoms with Gasteiger partial charge < -0.3 is 10.8 Å². The standard InChI is InChI=1S/C18H30N2O/c1-3-20(12-16-4-6-17(13-21)7-5-16)18(14-19)10-8-15(2)9-11-18/h4-7,15,21H,3,8-14,19H2,1-2H3. The molecule has 118 valence electrons. The van der Waals surface area contributed by atoms with Crippen LogP contribution in [0, 0.1) is 5.92 Å². The van der Waals surface area contributed by atoms with E-state index in [1.807, 2.05) is 12.1 Å².